The third-order valence-corrected chi connectivity index (χ3v) is 6.54. The molecule has 2 heterocycles. The number of halogens is 3. The Kier molecular flexibility index (Phi) is 6.86. The highest BCUT2D eigenvalue weighted by Crippen LogP contribution is 2.39. The number of aliphatic hydroxyl groups is 1. The molecule has 2 atom stereocenters. The van der Waals surface area contributed by atoms with E-state index in [-0.39, 0.29) is 5.56 Å². The number of benzene rings is 2. The van der Waals surface area contributed by atoms with Crippen LogP contribution in [0.15, 0.2) is 73.1 Å². The van der Waals surface area contributed by atoms with Gasteiger partial charge in [-0.2, -0.15) is 13.2 Å². The minimum Gasteiger partial charge on any atom is -0.376 e. The predicted molar refractivity (Wildman–Crippen MR) is 123 cm³/mol. The van der Waals surface area contributed by atoms with Gasteiger partial charge in [-0.1, -0.05) is 48.5 Å². The standard InChI is InChI=1S/C27H29F3N2O/c1-26(33,27(28,29)30)25-9-7-23(8-10-25)24-6-2-4-21(17-24)16-22-5-3-15-32(19-22)18-20-11-13-31-14-12-20/h2,4,6-14,17,22,33H,3,5,15-16,18-19H2,1H3. The molecular weight excluding hydrogens is 425 g/mol. The molecule has 1 saturated heterocycles. The Hall–Kier alpha value is -2.70. The maximum absolute atomic E-state index is 13.1. The SMILES string of the molecule is CC(O)(c1ccc(-c2cccc(CC3CCCN(Cc4ccncc4)C3)c2)cc1)C(F)(F)F. The van der Waals surface area contributed by atoms with Gasteiger partial charge in [0.05, 0.1) is 0 Å². The molecule has 1 N–H and O–H groups in total. The molecule has 0 aliphatic carbocycles. The molecule has 1 aliphatic heterocycles. The summed E-state index contributed by atoms with van der Waals surface area (Å²) in [5.41, 5.74) is 1.29. The van der Waals surface area contributed by atoms with Crippen molar-refractivity contribution in [2.24, 2.45) is 5.92 Å². The van der Waals surface area contributed by atoms with E-state index in [1.165, 1.54) is 36.1 Å². The molecule has 33 heavy (non-hydrogen) atoms. The zero-order valence-electron chi connectivity index (χ0n) is 18.7. The lowest BCUT2D eigenvalue weighted by Gasteiger charge is -2.33. The first-order chi connectivity index (χ1) is 15.7. The minimum atomic E-state index is -4.72. The maximum atomic E-state index is 13.1. The van der Waals surface area contributed by atoms with Crippen molar-refractivity contribution in [2.45, 2.75) is 44.5 Å². The number of rotatable bonds is 6. The van der Waals surface area contributed by atoms with Gasteiger partial charge in [-0.05, 0) is 78.6 Å². The van der Waals surface area contributed by atoms with E-state index in [4.69, 9.17) is 0 Å². The van der Waals surface area contributed by atoms with E-state index in [0.29, 0.717) is 5.92 Å². The maximum Gasteiger partial charge on any atom is 0.421 e. The number of piperidine rings is 1. The van der Waals surface area contributed by atoms with Crippen molar-refractivity contribution in [3.8, 4) is 11.1 Å². The summed E-state index contributed by atoms with van der Waals surface area (Å²) in [5.74, 6) is 0.570. The normalized spacial score (nSPS) is 19.2. The molecule has 0 bridgehead atoms. The van der Waals surface area contributed by atoms with Gasteiger partial charge >= 0.3 is 6.18 Å². The van der Waals surface area contributed by atoms with E-state index in [1.54, 1.807) is 12.1 Å². The van der Waals surface area contributed by atoms with E-state index < -0.39 is 11.8 Å². The van der Waals surface area contributed by atoms with Crippen LogP contribution in [0.3, 0.4) is 0 Å². The van der Waals surface area contributed by atoms with Crippen LogP contribution in [0.2, 0.25) is 0 Å². The molecule has 1 aliphatic rings. The van der Waals surface area contributed by atoms with Gasteiger partial charge in [-0.15, -0.1) is 0 Å². The number of aromatic nitrogens is 1. The summed E-state index contributed by atoms with van der Waals surface area (Å²) in [6.07, 6.45) is 2.29. The molecule has 1 aromatic heterocycles. The van der Waals surface area contributed by atoms with Crippen LogP contribution in [-0.2, 0) is 18.6 Å². The van der Waals surface area contributed by atoms with Gasteiger partial charge in [0, 0.05) is 25.5 Å². The van der Waals surface area contributed by atoms with Crippen molar-refractivity contribution >= 4 is 0 Å². The second-order valence-corrected chi connectivity index (χ2v) is 9.15. The number of hydrogen-bond donors (Lipinski definition) is 1. The Morgan fingerprint density at radius 1 is 0.970 bits per heavy atom. The molecule has 4 rings (SSSR count). The summed E-state index contributed by atoms with van der Waals surface area (Å²) in [6.45, 7) is 3.87. The van der Waals surface area contributed by atoms with Crippen LogP contribution in [0.25, 0.3) is 11.1 Å². The van der Waals surface area contributed by atoms with Gasteiger partial charge in [-0.3, -0.25) is 9.88 Å². The largest absolute Gasteiger partial charge is 0.421 e. The van der Waals surface area contributed by atoms with Crippen molar-refractivity contribution < 1.29 is 18.3 Å². The summed E-state index contributed by atoms with van der Waals surface area (Å²) >= 11 is 0. The second kappa shape index (κ2) is 9.65. The third-order valence-electron chi connectivity index (χ3n) is 6.54. The van der Waals surface area contributed by atoms with Crippen molar-refractivity contribution in [3.63, 3.8) is 0 Å². The van der Waals surface area contributed by atoms with Crippen molar-refractivity contribution in [1.29, 1.82) is 0 Å². The average Bonchev–Trinajstić information content (AvgIpc) is 2.79. The topological polar surface area (TPSA) is 36.4 Å². The fraction of sp³-hybridized carbons (Fsp3) is 0.370. The van der Waals surface area contributed by atoms with Crippen molar-refractivity contribution in [1.82, 2.24) is 9.88 Å². The van der Waals surface area contributed by atoms with Gasteiger partial charge < -0.3 is 5.11 Å². The summed E-state index contributed by atoms with van der Waals surface area (Å²) < 4.78 is 39.3. The number of hydrogen-bond acceptors (Lipinski definition) is 3. The lowest BCUT2D eigenvalue weighted by molar-refractivity contribution is -0.258. The number of alkyl halides is 3. The lowest BCUT2D eigenvalue weighted by Crippen LogP contribution is -2.39. The number of pyridine rings is 1. The lowest BCUT2D eigenvalue weighted by atomic mass is 9.89. The Bertz CT molecular complexity index is 1050. The zero-order valence-corrected chi connectivity index (χ0v) is 18.7. The van der Waals surface area contributed by atoms with Gasteiger partial charge in [-0.25, -0.2) is 0 Å². The molecule has 0 amide bonds. The number of nitrogens with zero attached hydrogens (tertiary/aromatic N) is 2. The fourth-order valence-corrected chi connectivity index (χ4v) is 4.57. The van der Waals surface area contributed by atoms with E-state index >= 15 is 0 Å². The van der Waals surface area contributed by atoms with E-state index in [9.17, 15) is 18.3 Å². The molecule has 3 nitrogen and oxygen atoms in total. The monoisotopic (exact) mass is 454 g/mol. The second-order valence-electron chi connectivity index (χ2n) is 9.15. The molecule has 2 aromatic carbocycles. The molecule has 3 aromatic rings. The van der Waals surface area contributed by atoms with Gasteiger partial charge in [0.1, 0.15) is 0 Å². The minimum absolute atomic E-state index is 0.161. The van der Waals surface area contributed by atoms with E-state index in [2.05, 4.69) is 34.1 Å². The van der Waals surface area contributed by atoms with Crippen LogP contribution in [0.4, 0.5) is 13.2 Å². The van der Waals surface area contributed by atoms with Crippen LogP contribution in [-0.4, -0.2) is 34.3 Å². The third kappa shape index (κ3) is 5.63. The Morgan fingerprint density at radius 3 is 2.39 bits per heavy atom. The van der Waals surface area contributed by atoms with Crippen LogP contribution >= 0.6 is 0 Å². The van der Waals surface area contributed by atoms with Crippen LogP contribution < -0.4 is 0 Å². The molecule has 1 fully saturated rings. The van der Waals surface area contributed by atoms with Crippen LogP contribution in [0, 0.1) is 5.92 Å². The molecule has 174 valence electrons. The van der Waals surface area contributed by atoms with E-state index in [0.717, 1.165) is 44.1 Å². The van der Waals surface area contributed by atoms with Crippen molar-refractivity contribution in [3.05, 3.63) is 89.7 Å². The molecular formula is C27H29F3N2O. The highest BCUT2D eigenvalue weighted by Gasteiger charge is 2.51. The Morgan fingerprint density at radius 2 is 1.70 bits per heavy atom. The Balaban J connectivity index is 1.43. The highest BCUT2D eigenvalue weighted by molar-refractivity contribution is 5.64. The molecule has 2 unspecified atom stereocenters. The molecule has 6 heteroatoms. The summed E-state index contributed by atoms with van der Waals surface area (Å²) in [4.78, 5) is 6.59. The van der Waals surface area contributed by atoms with Crippen molar-refractivity contribution in [2.75, 3.05) is 13.1 Å². The smallest absolute Gasteiger partial charge is 0.376 e. The predicted octanol–water partition coefficient (Wildman–Crippen LogP) is 5.97. The summed E-state index contributed by atoms with van der Waals surface area (Å²) in [6, 6.07) is 18.3. The number of likely N-dealkylation sites (tertiary alicyclic amines) is 1. The van der Waals surface area contributed by atoms with Gasteiger partial charge in [0.2, 0.25) is 0 Å². The highest BCUT2D eigenvalue weighted by atomic mass is 19.4. The molecule has 0 spiro atoms. The molecule has 0 saturated carbocycles. The first-order valence-electron chi connectivity index (χ1n) is 11.3. The van der Waals surface area contributed by atoms with Gasteiger partial charge in [0.15, 0.2) is 5.60 Å². The quantitative estimate of drug-likeness (QED) is 0.498. The first-order valence-corrected chi connectivity index (χ1v) is 11.3. The van der Waals surface area contributed by atoms with Crippen LogP contribution in [0.1, 0.15) is 36.5 Å². The first kappa shape index (κ1) is 23.5. The zero-order chi connectivity index (χ0) is 23.5. The van der Waals surface area contributed by atoms with Crippen LogP contribution in [0.5, 0.6) is 0 Å². The van der Waals surface area contributed by atoms with E-state index in [1.807, 2.05) is 24.5 Å². The molecule has 0 radical (unpaired) electrons. The van der Waals surface area contributed by atoms with Gasteiger partial charge in [0.25, 0.3) is 0 Å². The summed E-state index contributed by atoms with van der Waals surface area (Å²) in [5, 5.41) is 9.89. The Labute approximate surface area is 192 Å². The fourth-order valence-electron chi connectivity index (χ4n) is 4.57. The summed E-state index contributed by atoms with van der Waals surface area (Å²) in [7, 11) is 0. The average molecular weight is 455 g/mol.